The molecular formula is C18H14F2O4S. The summed E-state index contributed by atoms with van der Waals surface area (Å²) in [7, 11) is -2.67. The topological polar surface area (TPSA) is 60.4 Å². The highest BCUT2D eigenvalue weighted by atomic mass is 32.2. The predicted molar refractivity (Wildman–Crippen MR) is 89.2 cm³/mol. The minimum atomic E-state index is -2.67. The lowest BCUT2D eigenvalue weighted by Crippen LogP contribution is -2.06. The third-order valence-corrected chi connectivity index (χ3v) is 4.54. The van der Waals surface area contributed by atoms with Gasteiger partial charge in [0.1, 0.15) is 28.4 Å². The van der Waals surface area contributed by atoms with E-state index in [-0.39, 0.29) is 16.9 Å². The molecule has 0 radical (unpaired) electrons. The van der Waals surface area contributed by atoms with Crippen LogP contribution in [0.5, 0.6) is 0 Å². The Balaban J connectivity index is 2.16. The van der Waals surface area contributed by atoms with Crippen molar-refractivity contribution in [2.24, 2.45) is 0 Å². The van der Waals surface area contributed by atoms with E-state index in [4.69, 9.17) is 4.74 Å². The van der Waals surface area contributed by atoms with E-state index in [2.05, 4.69) is 0 Å². The zero-order valence-corrected chi connectivity index (χ0v) is 14.1. The molecule has 7 heteroatoms. The average molecular weight is 364 g/mol. The highest BCUT2D eigenvalue weighted by Gasteiger charge is 2.34. The van der Waals surface area contributed by atoms with Crippen molar-refractivity contribution < 1.29 is 26.7 Å². The monoisotopic (exact) mass is 364 g/mol. The second-order valence-electron chi connectivity index (χ2n) is 5.65. The van der Waals surface area contributed by atoms with Crippen LogP contribution in [0.1, 0.15) is 23.6 Å². The lowest BCUT2D eigenvalue weighted by molar-refractivity contribution is -0.136. The van der Waals surface area contributed by atoms with Gasteiger partial charge in [-0.3, -0.25) is 0 Å². The molecule has 1 aliphatic heterocycles. The number of hydrogen-bond donors (Lipinski definition) is 1. The highest BCUT2D eigenvalue weighted by molar-refractivity contribution is 7.71. The summed E-state index contributed by atoms with van der Waals surface area (Å²) in [4.78, 5) is 12.2. The molecule has 0 aliphatic carbocycles. The summed E-state index contributed by atoms with van der Waals surface area (Å²) in [6.45, 7) is 1.60. The van der Waals surface area contributed by atoms with Crippen molar-refractivity contribution >= 4 is 27.8 Å². The summed E-state index contributed by atoms with van der Waals surface area (Å²) in [5, 5.41) is 0. The Bertz CT molecular complexity index is 955. The van der Waals surface area contributed by atoms with Crippen molar-refractivity contribution in [3.05, 3.63) is 70.8 Å². The van der Waals surface area contributed by atoms with Gasteiger partial charge in [-0.15, -0.1) is 0 Å². The third-order valence-electron chi connectivity index (χ3n) is 3.91. The number of carbonyl (C=O) groups excluding carboxylic acids is 1. The van der Waals surface area contributed by atoms with E-state index in [9.17, 15) is 22.0 Å². The maximum absolute atomic E-state index is 14.5. The molecule has 0 amide bonds. The number of hydrogen-bond acceptors (Lipinski definition) is 4. The standard InChI is InChI=1S/C18H14F2O4S/c1-10-16(14-6-5-11(7-15(14)20)9-25(22)23)17(18(21)24-10)12-3-2-4-13(19)8-12/h2-8,10,25H,9H2,1H3. The van der Waals surface area contributed by atoms with Gasteiger partial charge < -0.3 is 4.74 Å². The van der Waals surface area contributed by atoms with Crippen LogP contribution in [0.3, 0.4) is 0 Å². The molecule has 0 bridgehead atoms. The number of cyclic esters (lactones) is 1. The Labute approximate surface area is 144 Å². The first kappa shape index (κ1) is 17.3. The number of rotatable bonds is 4. The number of ether oxygens (including phenoxy) is 1. The molecule has 25 heavy (non-hydrogen) atoms. The Morgan fingerprint density at radius 2 is 1.88 bits per heavy atom. The van der Waals surface area contributed by atoms with Crippen molar-refractivity contribution in [3.63, 3.8) is 0 Å². The SMILES string of the molecule is CC1OC(=O)C(c2cccc(F)c2)=C1c1ccc(C[SH](=O)=O)cc1F. The average Bonchev–Trinajstić information content (AvgIpc) is 2.81. The molecule has 2 aromatic carbocycles. The van der Waals surface area contributed by atoms with Crippen LogP contribution in [0.15, 0.2) is 42.5 Å². The van der Waals surface area contributed by atoms with Gasteiger partial charge in [0.25, 0.3) is 0 Å². The molecule has 2 aromatic rings. The summed E-state index contributed by atoms with van der Waals surface area (Å²) in [5.74, 6) is -2.11. The Kier molecular flexibility index (Phi) is 4.67. The van der Waals surface area contributed by atoms with Crippen molar-refractivity contribution in [2.75, 3.05) is 0 Å². The smallest absolute Gasteiger partial charge is 0.339 e. The number of esters is 1. The van der Waals surface area contributed by atoms with Crippen molar-refractivity contribution in [1.82, 2.24) is 0 Å². The van der Waals surface area contributed by atoms with Crippen LogP contribution in [0, 0.1) is 11.6 Å². The number of carbonyl (C=O) groups is 1. The molecule has 1 unspecified atom stereocenters. The molecule has 130 valence electrons. The largest absolute Gasteiger partial charge is 0.454 e. The van der Waals surface area contributed by atoms with Gasteiger partial charge in [0.05, 0.1) is 11.3 Å². The number of thiol groups is 1. The molecule has 0 aromatic heterocycles. The summed E-state index contributed by atoms with van der Waals surface area (Å²) >= 11 is 0. The normalized spacial score (nSPS) is 17.3. The fourth-order valence-corrected chi connectivity index (χ4v) is 3.38. The van der Waals surface area contributed by atoms with Crippen LogP contribution < -0.4 is 0 Å². The lowest BCUT2D eigenvalue weighted by Gasteiger charge is -2.11. The number of benzene rings is 2. The molecule has 0 fully saturated rings. The van der Waals surface area contributed by atoms with Gasteiger partial charge >= 0.3 is 5.97 Å². The Morgan fingerprint density at radius 3 is 2.52 bits per heavy atom. The fourth-order valence-electron chi connectivity index (χ4n) is 2.89. The maximum atomic E-state index is 14.5. The van der Waals surface area contributed by atoms with Crippen molar-refractivity contribution in [1.29, 1.82) is 0 Å². The van der Waals surface area contributed by atoms with Crippen molar-refractivity contribution in [2.45, 2.75) is 18.8 Å². The minimum absolute atomic E-state index is 0.105. The van der Waals surface area contributed by atoms with Gasteiger partial charge in [-0.05, 0) is 36.2 Å². The summed E-state index contributed by atoms with van der Waals surface area (Å²) in [6, 6.07) is 9.44. The fraction of sp³-hybridized carbons (Fsp3) is 0.167. The molecule has 1 aliphatic rings. The molecule has 0 spiro atoms. The first-order chi connectivity index (χ1) is 11.9. The Morgan fingerprint density at radius 1 is 1.12 bits per heavy atom. The van der Waals surface area contributed by atoms with Crippen LogP contribution in [-0.4, -0.2) is 20.5 Å². The molecule has 1 atom stereocenters. The maximum Gasteiger partial charge on any atom is 0.339 e. The molecular weight excluding hydrogens is 350 g/mol. The van der Waals surface area contributed by atoms with Gasteiger partial charge in [0.15, 0.2) is 0 Å². The Hall–Kier alpha value is -2.54. The van der Waals surface area contributed by atoms with Gasteiger partial charge in [-0.25, -0.2) is 22.0 Å². The van der Waals surface area contributed by atoms with E-state index in [1.807, 2.05) is 0 Å². The quantitative estimate of drug-likeness (QED) is 0.669. The van der Waals surface area contributed by atoms with Crippen LogP contribution in [-0.2, 0) is 26.0 Å². The molecule has 0 saturated heterocycles. The van der Waals surface area contributed by atoms with Gasteiger partial charge in [0.2, 0.25) is 0 Å². The van der Waals surface area contributed by atoms with Crippen LogP contribution >= 0.6 is 0 Å². The van der Waals surface area contributed by atoms with Gasteiger partial charge in [-0.2, -0.15) is 0 Å². The molecule has 0 N–H and O–H groups in total. The van der Waals surface area contributed by atoms with Crippen LogP contribution in [0.2, 0.25) is 0 Å². The van der Waals surface area contributed by atoms with E-state index in [1.54, 1.807) is 13.0 Å². The second kappa shape index (κ2) is 6.76. The van der Waals surface area contributed by atoms with E-state index in [0.29, 0.717) is 16.7 Å². The summed E-state index contributed by atoms with van der Waals surface area (Å²) < 4.78 is 54.8. The lowest BCUT2D eigenvalue weighted by atomic mass is 9.92. The first-order valence-corrected chi connectivity index (χ1v) is 8.85. The van der Waals surface area contributed by atoms with Crippen LogP contribution in [0.25, 0.3) is 11.1 Å². The molecule has 3 rings (SSSR count). The minimum Gasteiger partial charge on any atom is -0.454 e. The van der Waals surface area contributed by atoms with Gasteiger partial charge in [-0.1, -0.05) is 24.3 Å². The van der Waals surface area contributed by atoms with Crippen LogP contribution in [0.4, 0.5) is 8.78 Å². The first-order valence-electron chi connectivity index (χ1n) is 7.48. The number of halogens is 2. The predicted octanol–water partition coefficient (Wildman–Crippen LogP) is 2.93. The van der Waals surface area contributed by atoms with E-state index in [1.165, 1.54) is 30.3 Å². The summed E-state index contributed by atoms with van der Waals surface area (Å²) in [5.41, 5.74) is 1.15. The highest BCUT2D eigenvalue weighted by Crippen LogP contribution is 2.38. The zero-order valence-electron chi connectivity index (χ0n) is 13.2. The molecule has 1 heterocycles. The second-order valence-corrected chi connectivity index (χ2v) is 6.63. The molecule has 4 nitrogen and oxygen atoms in total. The van der Waals surface area contributed by atoms with Crippen molar-refractivity contribution in [3.8, 4) is 0 Å². The summed E-state index contributed by atoms with van der Waals surface area (Å²) in [6.07, 6.45) is -0.706. The zero-order chi connectivity index (χ0) is 18.1. The van der Waals surface area contributed by atoms with E-state index >= 15 is 0 Å². The van der Waals surface area contributed by atoms with Gasteiger partial charge in [0, 0.05) is 11.1 Å². The van der Waals surface area contributed by atoms with E-state index < -0.39 is 34.4 Å². The third kappa shape index (κ3) is 3.46. The molecule has 0 saturated carbocycles. The van der Waals surface area contributed by atoms with E-state index in [0.717, 1.165) is 6.07 Å².